The Labute approximate surface area is 108 Å². The summed E-state index contributed by atoms with van der Waals surface area (Å²) in [6.07, 6.45) is -1.85. The molecule has 0 aromatic heterocycles. The molecule has 0 bridgehead atoms. The second kappa shape index (κ2) is 3.82. The van der Waals surface area contributed by atoms with Gasteiger partial charge in [0.1, 0.15) is 0 Å². The molecule has 4 atom stereocenters. The van der Waals surface area contributed by atoms with Crippen LogP contribution in [0.4, 0.5) is 13.2 Å². The Hall–Kier alpha value is -0.960. The van der Waals surface area contributed by atoms with E-state index in [2.05, 4.69) is 13.7 Å². The van der Waals surface area contributed by atoms with Gasteiger partial charge in [0, 0.05) is 6.08 Å². The Kier molecular flexibility index (Phi) is 2.95. The van der Waals surface area contributed by atoms with E-state index in [1.807, 2.05) is 0 Å². The minimum Gasteiger partial charge on any atom is -0.460 e. The van der Waals surface area contributed by atoms with Gasteiger partial charge >= 0.3 is 27.2 Å². The number of ether oxygens (including phenoxy) is 2. The highest BCUT2D eigenvalue weighted by molar-refractivity contribution is 7.87. The van der Waals surface area contributed by atoms with Gasteiger partial charge < -0.3 is 29.9 Å². The van der Waals surface area contributed by atoms with Crippen molar-refractivity contribution < 1.29 is 55.7 Å². The molecule has 2 aliphatic rings. The summed E-state index contributed by atoms with van der Waals surface area (Å²) >= 11 is 0. The van der Waals surface area contributed by atoms with Crippen LogP contribution in [0.15, 0.2) is 12.3 Å². The molecule has 13 heteroatoms. The van der Waals surface area contributed by atoms with E-state index in [-0.39, 0.29) is 0 Å². The first-order chi connectivity index (χ1) is 8.79. The number of aliphatic hydroxyl groups excluding tert-OH is 1. The van der Waals surface area contributed by atoms with E-state index in [1.165, 1.54) is 0 Å². The minimum absolute atomic E-state index is 0.500. The zero-order chi connectivity index (χ0) is 15.6. The third-order valence-electron chi connectivity index (χ3n) is 2.65. The standard InChI is InChI=1S/C7H7F3O9S/c8-7(9,10)20(15,16)19-5(13)3(11)18-4(12)1-2-17-6(4,5)14/h1-3,11-14H/t3?,4-,5+,6+/m1/s1. The molecule has 2 rings (SSSR count). The second-order valence-corrected chi connectivity index (χ2v) is 5.45. The first-order valence-corrected chi connectivity index (χ1v) is 6.10. The largest absolute Gasteiger partial charge is 0.523 e. The number of aliphatic hydroxyl groups is 4. The van der Waals surface area contributed by atoms with Gasteiger partial charge in [-0.2, -0.15) is 21.6 Å². The fourth-order valence-electron chi connectivity index (χ4n) is 1.61. The lowest BCUT2D eigenvalue weighted by Crippen LogP contribution is -2.65. The van der Waals surface area contributed by atoms with Gasteiger partial charge in [-0.25, -0.2) is 4.18 Å². The highest BCUT2D eigenvalue weighted by atomic mass is 32.2. The molecule has 0 spiro atoms. The summed E-state index contributed by atoms with van der Waals surface area (Å²) in [6, 6.07) is 0. The topological polar surface area (TPSA) is 143 Å². The molecule has 1 unspecified atom stereocenters. The predicted octanol–water partition coefficient (Wildman–Crippen LogP) is -2.19. The molecule has 0 aromatic rings. The first-order valence-electron chi connectivity index (χ1n) is 4.69. The molecule has 0 aromatic carbocycles. The van der Waals surface area contributed by atoms with Crippen LogP contribution in [0.5, 0.6) is 0 Å². The number of rotatable bonds is 2. The Morgan fingerprint density at radius 2 is 1.80 bits per heavy atom. The molecule has 4 N–H and O–H groups in total. The normalized spacial score (nSPS) is 44.5. The molecule has 20 heavy (non-hydrogen) atoms. The Bertz CT molecular complexity index is 558. The van der Waals surface area contributed by atoms with Crippen molar-refractivity contribution in [1.82, 2.24) is 0 Å². The highest BCUT2D eigenvalue weighted by Gasteiger charge is 2.80. The van der Waals surface area contributed by atoms with E-state index in [9.17, 15) is 42.0 Å². The molecule has 9 nitrogen and oxygen atoms in total. The second-order valence-electron chi connectivity index (χ2n) is 3.91. The van der Waals surface area contributed by atoms with Crippen LogP contribution < -0.4 is 0 Å². The van der Waals surface area contributed by atoms with Crippen LogP contribution in [-0.4, -0.2) is 58.0 Å². The number of hydrogen-bond acceptors (Lipinski definition) is 9. The van der Waals surface area contributed by atoms with Gasteiger partial charge in [0.2, 0.25) is 6.29 Å². The summed E-state index contributed by atoms with van der Waals surface area (Å²) in [5.74, 6) is -10.5. The number of fused-ring (bicyclic) bond motifs is 1. The molecular weight excluding hydrogens is 317 g/mol. The molecule has 2 aliphatic heterocycles. The molecule has 1 fully saturated rings. The maximum absolute atomic E-state index is 12.2. The Morgan fingerprint density at radius 1 is 1.25 bits per heavy atom. The minimum atomic E-state index is -6.44. The maximum atomic E-state index is 12.2. The van der Waals surface area contributed by atoms with Crippen LogP contribution in [-0.2, 0) is 23.8 Å². The highest BCUT2D eigenvalue weighted by Crippen LogP contribution is 2.51. The van der Waals surface area contributed by atoms with E-state index in [4.69, 9.17) is 0 Å². The number of halogens is 3. The van der Waals surface area contributed by atoms with Gasteiger partial charge in [0.05, 0.1) is 6.26 Å². The number of alkyl halides is 3. The van der Waals surface area contributed by atoms with Crippen molar-refractivity contribution in [3.05, 3.63) is 12.3 Å². The van der Waals surface area contributed by atoms with E-state index in [0.717, 1.165) is 0 Å². The predicted molar refractivity (Wildman–Crippen MR) is 48.2 cm³/mol. The van der Waals surface area contributed by atoms with Gasteiger partial charge in [0.15, 0.2) is 0 Å². The van der Waals surface area contributed by atoms with Gasteiger partial charge in [-0.3, -0.25) is 0 Å². The summed E-state index contributed by atoms with van der Waals surface area (Å²) in [4.78, 5) is 0. The average Bonchev–Trinajstić information content (AvgIpc) is 2.59. The molecule has 1 saturated heterocycles. The summed E-state index contributed by atoms with van der Waals surface area (Å²) in [7, 11) is -6.44. The molecular formula is C7H7F3O9S. The molecule has 2 heterocycles. The lowest BCUT2D eigenvalue weighted by Gasteiger charge is -2.35. The van der Waals surface area contributed by atoms with Crippen molar-refractivity contribution in [1.29, 1.82) is 0 Å². The first kappa shape index (κ1) is 15.4. The quantitative estimate of drug-likeness (QED) is 0.253. The van der Waals surface area contributed by atoms with E-state index >= 15 is 0 Å². The molecule has 0 aliphatic carbocycles. The Morgan fingerprint density at radius 3 is 2.30 bits per heavy atom. The van der Waals surface area contributed by atoms with E-state index in [1.54, 1.807) is 0 Å². The van der Waals surface area contributed by atoms with Crippen molar-refractivity contribution in [2.75, 3.05) is 0 Å². The van der Waals surface area contributed by atoms with E-state index in [0.29, 0.717) is 12.3 Å². The van der Waals surface area contributed by atoms with Gasteiger partial charge in [-0.15, -0.1) is 0 Å². The summed E-state index contributed by atoms with van der Waals surface area (Å²) < 4.78 is 70.1. The lowest BCUT2D eigenvalue weighted by molar-refractivity contribution is -0.370. The average molecular weight is 324 g/mol. The van der Waals surface area contributed by atoms with Crippen LogP contribution in [0.2, 0.25) is 0 Å². The molecule has 0 amide bonds. The van der Waals surface area contributed by atoms with Gasteiger partial charge in [0.25, 0.3) is 5.79 Å². The third kappa shape index (κ3) is 1.68. The van der Waals surface area contributed by atoms with Crippen molar-refractivity contribution in [3.63, 3.8) is 0 Å². The van der Waals surface area contributed by atoms with Gasteiger partial charge in [-0.1, -0.05) is 0 Å². The van der Waals surface area contributed by atoms with Crippen molar-refractivity contribution in [3.8, 4) is 0 Å². The van der Waals surface area contributed by atoms with Crippen LogP contribution in [0.1, 0.15) is 0 Å². The number of hydrogen-bond donors (Lipinski definition) is 4. The van der Waals surface area contributed by atoms with Crippen molar-refractivity contribution >= 4 is 10.1 Å². The van der Waals surface area contributed by atoms with Crippen LogP contribution >= 0.6 is 0 Å². The smallest absolute Gasteiger partial charge is 0.460 e. The zero-order valence-corrected chi connectivity index (χ0v) is 9.92. The summed E-state index contributed by atoms with van der Waals surface area (Å²) in [6.45, 7) is 0. The Balaban J connectivity index is 2.46. The summed E-state index contributed by atoms with van der Waals surface area (Å²) in [5.41, 5.74) is -5.97. The van der Waals surface area contributed by atoms with Crippen molar-refractivity contribution in [2.24, 2.45) is 0 Å². The third-order valence-corrected chi connectivity index (χ3v) is 3.69. The monoisotopic (exact) mass is 324 g/mol. The van der Waals surface area contributed by atoms with Crippen molar-refractivity contribution in [2.45, 2.75) is 29.2 Å². The maximum Gasteiger partial charge on any atom is 0.523 e. The van der Waals surface area contributed by atoms with Crippen LogP contribution in [0.25, 0.3) is 0 Å². The fourth-order valence-corrected chi connectivity index (χ4v) is 2.24. The van der Waals surface area contributed by atoms with Crippen LogP contribution in [0.3, 0.4) is 0 Å². The van der Waals surface area contributed by atoms with Gasteiger partial charge in [-0.05, 0) is 0 Å². The SMILES string of the molecule is O=S(=O)(O[C@@]1(O)C(O)O[C@]2(O)C=CO[C@@]21O)C(F)(F)F. The summed E-state index contributed by atoms with van der Waals surface area (Å²) in [5, 5.41) is 38.4. The molecule has 116 valence electrons. The molecule has 0 saturated carbocycles. The van der Waals surface area contributed by atoms with Crippen LogP contribution in [0, 0.1) is 0 Å². The lowest BCUT2D eigenvalue weighted by atomic mass is 10.0. The fraction of sp³-hybridized carbons (Fsp3) is 0.714. The zero-order valence-electron chi connectivity index (χ0n) is 9.10. The van der Waals surface area contributed by atoms with E-state index < -0.39 is 39.3 Å². The molecule has 0 radical (unpaired) electrons.